The van der Waals surface area contributed by atoms with Crippen LogP contribution in [0.2, 0.25) is 0 Å². The van der Waals surface area contributed by atoms with E-state index >= 15 is 0 Å². The normalized spacial score (nSPS) is 12.2. The van der Waals surface area contributed by atoms with E-state index in [2.05, 4.69) is 4.08 Å². The molecule has 0 bridgehead atoms. The van der Waals surface area contributed by atoms with Crippen molar-refractivity contribution in [2.24, 2.45) is 0 Å². The number of benzene rings is 1. The second kappa shape index (κ2) is 8.33. The molecule has 0 aliphatic carbocycles. The molecule has 11 heteroatoms. The first kappa shape index (κ1) is 22.2. The summed E-state index contributed by atoms with van der Waals surface area (Å²) in [6.45, 7) is 3.98. The van der Waals surface area contributed by atoms with Gasteiger partial charge in [-0.3, -0.25) is 0 Å². The van der Waals surface area contributed by atoms with Crippen LogP contribution in [0, 0.1) is 3.57 Å². The Morgan fingerprint density at radius 3 is 1.70 bits per heavy atom. The summed E-state index contributed by atoms with van der Waals surface area (Å²) in [6, 6.07) is 5.42. The lowest BCUT2D eigenvalue weighted by atomic mass is 10.2. The summed E-state index contributed by atoms with van der Waals surface area (Å²) in [4.78, 5) is 0. The van der Waals surface area contributed by atoms with Crippen LogP contribution in [0.15, 0.2) is 33.9 Å². The number of halogens is 7. The van der Waals surface area contributed by atoms with Crippen molar-refractivity contribution in [1.82, 2.24) is 0 Å². The Labute approximate surface area is 139 Å². The quantitative estimate of drug-likeness (QED) is 0.277. The molecule has 3 nitrogen and oxygen atoms in total. The number of alkyl halides is 6. The Balaban J connectivity index is 0.000000515. The van der Waals surface area contributed by atoms with E-state index in [1.807, 2.05) is 13.8 Å². The zero-order chi connectivity index (χ0) is 18.5. The van der Waals surface area contributed by atoms with Crippen molar-refractivity contribution in [1.29, 1.82) is 0 Å². The Hall–Kier alpha value is -0.820. The third-order valence-corrected chi connectivity index (χ3v) is 5.42. The van der Waals surface area contributed by atoms with E-state index in [0.717, 1.165) is 15.7 Å². The van der Waals surface area contributed by atoms with Crippen molar-refractivity contribution in [2.45, 2.75) is 25.5 Å². The van der Waals surface area contributed by atoms with E-state index in [9.17, 15) is 26.3 Å². The Morgan fingerprint density at radius 1 is 1.04 bits per heavy atom. The molecule has 1 rings (SSSR count). The van der Waals surface area contributed by atoms with Gasteiger partial charge in [-0.05, 0) is 43.7 Å². The fourth-order valence-electron chi connectivity index (χ4n) is 0.884. The van der Waals surface area contributed by atoms with Crippen molar-refractivity contribution in [3.63, 3.8) is 0 Å². The van der Waals surface area contributed by atoms with Gasteiger partial charge in [-0.15, -0.1) is 0 Å². The molecule has 0 unspecified atom stereocenters. The highest BCUT2D eigenvalue weighted by Crippen LogP contribution is 2.28. The van der Waals surface area contributed by atoms with Crippen LogP contribution < -0.4 is 21.2 Å². The Morgan fingerprint density at radius 2 is 1.43 bits per heavy atom. The van der Waals surface area contributed by atoms with E-state index in [1.165, 1.54) is 5.57 Å². The van der Waals surface area contributed by atoms with E-state index in [1.54, 1.807) is 12.1 Å². The predicted molar refractivity (Wildman–Crippen MR) is 65.3 cm³/mol. The first-order valence-corrected chi connectivity index (χ1v) is 9.34. The third kappa shape index (κ3) is 9.15. The summed E-state index contributed by atoms with van der Waals surface area (Å²) in [6.07, 6.45) is -4.23. The molecule has 23 heavy (non-hydrogen) atoms. The minimum atomic E-state index is -6.09. The molecule has 0 saturated carbocycles. The number of hydrogen-bond acceptors (Lipinski definition) is 3. The molecule has 0 aromatic heterocycles. The molecule has 0 heterocycles. The smallest absolute Gasteiger partial charge is 0.485 e. The molecule has 132 valence electrons. The molecule has 1 aromatic rings. The third-order valence-electron chi connectivity index (χ3n) is 1.85. The average molecular weight is 476 g/mol. The molecule has 0 N–H and O–H groups in total. The van der Waals surface area contributed by atoms with E-state index in [-0.39, 0.29) is 21.2 Å². The molecule has 0 aliphatic rings. The Kier molecular flexibility index (Phi) is 8.03. The van der Waals surface area contributed by atoms with E-state index < -0.39 is 27.4 Å². The van der Waals surface area contributed by atoms with Crippen LogP contribution in [-0.4, -0.2) is 18.5 Å². The lowest BCUT2D eigenvalue weighted by molar-refractivity contribution is -0.557. The van der Waals surface area contributed by atoms with E-state index in [0.29, 0.717) is 0 Å². The summed E-state index contributed by atoms with van der Waals surface area (Å²) in [5.41, 5.74) is -5.01. The van der Waals surface area contributed by atoms with Gasteiger partial charge in [-0.1, -0.05) is 0 Å². The topological polar surface area (TPSA) is 57.2 Å². The summed E-state index contributed by atoms with van der Waals surface area (Å²) in [7, 11) is -6.09. The van der Waals surface area contributed by atoms with E-state index in [4.69, 9.17) is 13.0 Å². The van der Waals surface area contributed by atoms with Crippen molar-refractivity contribution >= 4 is 10.1 Å². The van der Waals surface area contributed by atoms with Gasteiger partial charge in [0, 0.05) is 0 Å². The van der Waals surface area contributed by atoms with Crippen molar-refractivity contribution < 1.29 is 60.5 Å². The Bertz CT molecular complexity index is 628. The standard InChI is InChI=1S/C11H11F3I.CHF3O3S/c1-8(2)7-15-10-5-3-9(4-6-10)11(12,13)14;2-1(3,4)8(5,6)7/h3-7H,1-2H3;(H,5,6,7)/q+1;/p-1. The summed E-state index contributed by atoms with van der Waals surface area (Å²) in [5.74, 6) is 0. The molecule has 0 saturated heterocycles. The molecule has 0 aliphatic heterocycles. The van der Waals surface area contributed by atoms with Gasteiger partial charge < -0.3 is 4.55 Å². The maximum Gasteiger partial charge on any atom is 0.485 e. The lowest BCUT2D eigenvalue weighted by Crippen LogP contribution is -3.59. The largest absolute Gasteiger partial charge is 0.741 e. The second-order valence-corrected chi connectivity index (χ2v) is 8.06. The van der Waals surface area contributed by atoms with Crippen LogP contribution in [-0.2, 0) is 16.3 Å². The zero-order valence-electron chi connectivity index (χ0n) is 11.7. The number of hydrogen-bond donors (Lipinski definition) is 0. The van der Waals surface area contributed by atoms with Crippen molar-refractivity contribution in [3.05, 3.63) is 43.1 Å². The monoisotopic (exact) mass is 476 g/mol. The molecular weight excluding hydrogens is 465 g/mol. The van der Waals surface area contributed by atoms with Crippen LogP contribution in [0.25, 0.3) is 0 Å². The highest BCUT2D eigenvalue weighted by Gasteiger charge is 2.37. The molecular formula is C12H11F6IO3S. The van der Waals surface area contributed by atoms with Crippen molar-refractivity contribution in [2.75, 3.05) is 0 Å². The van der Waals surface area contributed by atoms with Gasteiger partial charge >= 0.3 is 32.9 Å². The summed E-state index contributed by atoms with van der Waals surface area (Å²) < 4.78 is 98.7. The maximum atomic E-state index is 12.2. The van der Waals surface area contributed by atoms with Crippen LogP contribution in [0.5, 0.6) is 0 Å². The summed E-state index contributed by atoms with van der Waals surface area (Å²) >= 11 is -0.292. The van der Waals surface area contributed by atoms with Gasteiger partial charge in [-0.25, -0.2) is 8.42 Å². The maximum absolute atomic E-state index is 12.2. The minimum Gasteiger partial charge on any atom is -0.741 e. The SMILES string of the molecule is CC(C)=C[I+]c1ccc(C(F)(F)F)cc1.O=S(=O)([O-])C(F)(F)F. The first-order valence-electron chi connectivity index (χ1n) is 5.61. The number of allylic oxidation sites excluding steroid dienone is 1. The van der Waals surface area contributed by atoms with Gasteiger partial charge in [-0.2, -0.15) is 26.3 Å². The zero-order valence-corrected chi connectivity index (χ0v) is 14.6. The molecule has 0 amide bonds. The van der Waals surface area contributed by atoms with Gasteiger partial charge in [0.25, 0.3) is 0 Å². The summed E-state index contributed by atoms with van der Waals surface area (Å²) in [5, 5.41) is 0. The minimum absolute atomic E-state index is 0.292. The number of rotatable bonds is 2. The van der Waals surface area contributed by atoms with Crippen LogP contribution in [0.1, 0.15) is 19.4 Å². The van der Waals surface area contributed by atoms with Crippen LogP contribution in [0.3, 0.4) is 0 Å². The predicted octanol–water partition coefficient (Wildman–Crippen LogP) is 0.939. The van der Waals surface area contributed by atoms with Gasteiger partial charge in [0.1, 0.15) is 0 Å². The van der Waals surface area contributed by atoms with Crippen LogP contribution in [0.4, 0.5) is 26.3 Å². The van der Waals surface area contributed by atoms with Gasteiger partial charge in [0.2, 0.25) is 0 Å². The van der Waals surface area contributed by atoms with Gasteiger partial charge in [0.05, 0.1) is 5.56 Å². The highest BCUT2D eigenvalue weighted by atomic mass is 127. The highest BCUT2D eigenvalue weighted by molar-refractivity contribution is 7.86. The second-order valence-electron chi connectivity index (χ2n) is 4.20. The lowest BCUT2D eigenvalue weighted by Gasteiger charge is -2.08. The fraction of sp³-hybridized carbons (Fsp3) is 0.333. The molecule has 0 radical (unpaired) electrons. The molecule has 1 aromatic carbocycles. The average Bonchev–Trinajstić information content (AvgIpc) is 2.34. The molecule has 0 atom stereocenters. The molecule has 0 spiro atoms. The molecule has 0 fully saturated rings. The fourth-order valence-corrected chi connectivity index (χ4v) is 2.64. The van der Waals surface area contributed by atoms with Gasteiger partial charge in [0.15, 0.2) is 17.8 Å². The van der Waals surface area contributed by atoms with Crippen molar-refractivity contribution in [3.8, 4) is 0 Å². The van der Waals surface area contributed by atoms with Crippen LogP contribution >= 0.6 is 0 Å². The first-order chi connectivity index (χ1) is 10.1.